The van der Waals surface area contributed by atoms with Gasteiger partial charge in [-0.05, 0) is 0 Å². The maximum absolute atomic E-state index is 5.24. The number of hydrogen-bond donors (Lipinski definition) is 0. The zero-order valence-corrected chi connectivity index (χ0v) is 10.7. The monoisotopic (exact) mass is 227 g/mol. The van der Waals surface area contributed by atoms with Gasteiger partial charge in [-0.25, -0.2) is 0 Å². The van der Waals surface area contributed by atoms with Crippen LogP contribution in [0.15, 0.2) is 30.9 Å². The van der Waals surface area contributed by atoms with E-state index in [0.29, 0.717) is 0 Å². The number of methoxy groups -OCH3 is 1. The van der Waals surface area contributed by atoms with Gasteiger partial charge in [0.25, 0.3) is 0 Å². The zero-order valence-electron chi connectivity index (χ0n) is 7.75. The SMILES string of the molecule is C=CCc1ccc([O][Zn])c(OC)c1. The van der Waals surface area contributed by atoms with E-state index in [9.17, 15) is 0 Å². The van der Waals surface area contributed by atoms with Crippen LogP contribution in [0.5, 0.6) is 11.5 Å². The normalized spacial score (nSPS) is 9.46. The van der Waals surface area contributed by atoms with Gasteiger partial charge in [0, 0.05) is 0 Å². The molecule has 0 aliphatic rings. The van der Waals surface area contributed by atoms with Gasteiger partial charge in [-0.1, -0.05) is 0 Å². The van der Waals surface area contributed by atoms with E-state index >= 15 is 0 Å². The zero-order chi connectivity index (χ0) is 9.68. The molecule has 0 spiro atoms. The molecule has 0 amide bonds. The Balaban J connectivity index is 2.98. The first-order valence-electron chi connectivity index (χ1n) is 4.01. The molecule has 0 bridgehead atoms. The summed E-state index contributed by atoms with van der Waals surface area (Å²) in [4.78, 5) is 0. The summed E-state index contributed by atoms with van der Waals surface area (Å²) < 4.78 is 10.4. The second kappa shape index (κ2) is 5.03. The Morgan fingerprint density at radius 3 is 2.77 bits per heavy atom. The van der Waals surface area contributed by atoms with Crippen LogP contribution >= 0.6 is 0 Å². The van der Waals surface area contributed by atoms with Crippen molar-refractivity contribution < 1.29 is 27.0 Å². The van der Waals surface area contributed by atoms with Crippen molar-refractivity contribution in [3.63, 3.8) is 0 Å². The van der Waals surface area contributed by atoms with Crippen LogP contribution in [-0.4, -0.2) is 7.11 Å². The first-order chi connectivity index (χ1) is 6.31. The van der Waals surface area contributed by atoms with Crippen molar-refractivity contribution in [1.82, 2.24) is 0 Å². The predicted octanol–water partition coefficient (Wildman–Crippen LogP) is 2.26. The molecule has 0 saturated heterocycles. The molecule has 0 atom stereocenters. The van der Waals surface area contributed by atoms with Crippen molar-refractivity contribution in [3.05, 3.63) is 36.4 Å². The van der Waals surface area contributed by atoms with Crippen LogP contribution in [0.1, 0.15) is 5.56 Å². The molecule has 2 nitrogen and oxygen atoms in total. The molecule has 13 heavy (non-hydrogen) atoms. The first-order valence-corrected chi connectivity index (χ1v) is 5.22. The Labute approximate surface area is 88.6 Å². The Morgan fingerprint density at radius 2 is 2.23 bits per heavy atom. The first kappa shape index (κ1) is 10.3. The molecule has 0 aliphatic carbocycles. The van der Waals surface area contributed by atoms with Crippen LogP contribution in [0.25, 0.3) is 0 Å². The van der Waals surface area contributed by atoms with Crippen molar-refractivity contribution in [2.24, 2.45) is 0 Å². The molecule has 0 radical (unpaired) electrons. The number of hydrogen-bond acceptors (Lipinski definition) is 2. The van der Waals surface area contributed by atoms with Crippen molar-refractivity contribution >= 4 is 0 Å². The fraction of sp³-hybridized carbons (Fsp3) is 0.200. The van der Waals surface area contributed by atoms with Gasteiger partial charge in [-0.2, -0.15) is 0 Å². The van der Waals surface area contributed by atoms with Crippen molar-refractivity contribution in [2.45, 2.75) is 6.42 Å². The maximum atomic E-state index is 5.24. The average Bonchev–Trinajstić information content (AvgIpc) is 2.18. The van der Waals surface area contributed by atoms with E-state index in [1.165, 1.54) is 5.56 Å². The number of rotatable bonds is 4. The molecule has 3 heteroatoms. The molecule has 1 rings (SSSR count). The van der Waals surface area contributed by atoms with Crippen molar-refractivity contribution in [3.8, 4) is 11.5 Å². The fourth-order valence-electron chi connectivity index (χ4n) is 1.12. The summed E-state index contributed by atoms with van der Waals surface area (Å²) in [5.41, 5.74) is 1.19. The Kier molecular flexibility index (Phi) is 3.97. The topological polar surface area (TPSA) is 18.5 Å². The van der Waals surface area contributed by atoms with Crippen LogP contribution in [0.2, 0.25) is 0 Å². The molecular weight excluding hydrogens is 217 g/mol. The predicted molar refractivity (Wildman–Crippen MR) is 47.5 cm³/mol. The number of ether oxygens (including phenoxy) is 1. The fourth-order valence-corrected chi connectivity index (χ4v) is 1.63. The van der Waals surface area contributed by atoms with E-state index in [4.69, 9.17) is 8.30 Å². The molecule has 65 valence electrons. The van der Waals surface area contributed by atoms with Gasteiger partial charge in [0.05, 0.1) is 0 Å². The summed E-state index contributed by atoms with van der Waals surface area (Å²) in [6.07, 6.45) is 2.73. The van der Waals surface area contributed by atoms with E-state index in [1.54, 1.807) is 7.11 Å². The van der Waals surface area contributed by atoms with Crippen LogP contribution in [0.3, 0.4) is 0 Å². The summed E-state index contributed by atoms with van der Waals surface area (Å²) in [5.74, 6) is 1.61. The van der Waals surface area contributed by atoms with E-state index in [2.05, 4.69) is 6.58 Å². The number of benzene rings is 1. The molecule has 0 aromatic heterocycles. The van der Waals surface area contributed by atoms with Crippen molar-refractivity contribution in [2.75, 3.05) is 7.11 Å². The second-order valence-electron chi connectivity index (χ2n) is 2.62. The minimum absolute atomic E-state index is 0.775. The van der Waals surface area contributed by atoms with Crippen LogP contribution in [-0.2, 0) is 25.1 Å². The molecule has 1 aromatic rings. The van der Waals surface area contributed by atoms with Crippen LogP contribution in [0, 0.1) is 0 Å². The van der Waals surface area contributed by atoms with Gasteiger partial charge in [-0.15, -0.1) is 0 Å². The van der Waals surface area contributed by atoms with Gasteiger partial charge in [0.15, 0.2) is 0 Å². The summed E-state index contributed by atoms with van der Waals surface area (Å²) in [7, 11) is 1.65. The third kappa shape index (κ3) is 2.56. The Bertz CT molecular complexity index is 297. The molecule has 0 saturated carbocycles. The average molecular weight is 229 g/mol. The summed E-state index contributed by atoms with van der Waals surface area (Å²) in [5, 5.41) is 0. The molecular formula is C10H11O2Zn. The van der Waals surface area contributed by atoms with E-state index in [-0.39, 0.29) is 0 Å². The van der Waals surface area contributed by atoms with Crippen LogP contribution < -0.4 is 8.30 Å². The Morgan fingerprint density at radius 1 is 1.46 bits per heavy atom. The van der Waals surface area contributed by atoms with E-state index < -0.39 is 0 Å². The molecule has 0 heterocycles. The molecule has 0 N–H and O–H groups in total. The third-order valence-corrected chi connectivity index (χ3v) is 2.42. The summed E-state index contributed by atoms with van der Waals surface area (Å²) in [6, 6.07) is 5.93. The van der Waals surface area contributed by atoms with Crippen molar-refractivity contribution in [1.29, 1.82) is 0 Å². The minimum atomic E-state index is 0.775. The molecule has 0 fully saturated rings. The standard InChI is InChI=1S/C10H12O2.Zn/c1-3-4-8-5-6-9(11)10(7-8)12-2;/h3,5-7,11H,1,4H2,2H3;/q;+1/p-1. The van der Waals surface area contributed by atoms with E-state index in [0.717, 1.165) is 36.6 Å². The summed E-state index contributed by atoms with van der Waals surface area (Å²) >= 11 is 0.775. The molecule has 0 unspecified atom stereocenters. The van der Waals surface area contributed by atoms with E-state index in [1.807, 2.05) is 24.3 Å². The second-order valence-corrected chi connectivity index (χ2v) is 3.23. The van der Waals surface area contributed by atoms with Gasteiger partial charge in [0.1, 0.15) is 0 Å². The number of allylic oxidation sites excluding steroid dienone is 1. The summed E-state index contributed by atoms with van der Waals surface area (Å²) in [6.45, 7) is 3.69. The van der Waals surface area contributed by atoms with Crippen LogP contribution in [0.4, 0.5) is 0 Å². The van der Waals surface area contributed by atoms with Gasteiger partial charge < -0.3 is 0 Å². The molecule has 0 aliphatic heterocycles. The molecule has 1 aromatic carbocycles. The van der Waals surface area contributed by atoms with Gasteiger partial charge in [-0.3, -0.25) is 0 Å². The van der Waals surface area contributed by atoms with Gasteiger partial charge >= 0.3 is 88.4 Å². The third-order valence-electron chi connectivity index (χ3n) is 1.76. The van der Waals surface area contributed by atoms with Gasteiger partial charge in [0.2, 0.25) is 0 Å². The Hall–Kier alpha value is -0.817. The quantitative estimate of drug-likeness (QED) is 0.581.